The van der Waals surface area contributed by atoms with Gasteiger partial charge in [0, 0.05) is 38.3 Å². The van der Waals surface area contributed by atoms with Gasteiger partial charge in [0.2, 0.25) is 0 Å². The third kappa shape index (κ3) is 3.72. The average molecular weight is 215 g/mol. The van der Waals surface area contributed by atoms with Crippen LogP contribution in [0.5, 0.6) is 0 Å². The minimum atomic E-state index is 0.266. The molecule has 0 bridgehead atoms. The van der Waals surface area contributed by atoms with Crippen molar-refractivity contribution >= 4 is 0 Å². The lowest BCUT2D eigenvalue weighted by Gasteiger charge is -2.43. The molecule has 4 heteroatoms. The first-order valence-corrected chi connectivity index (χ1v) is 5.74. The topological polar surface area (TPSA) is 30.0 Å². The second-order valence-electron chi connectivity index (χ2n) is 4.92. The van der Waals surface area contributed by atoms with Gasteiger partial charge in [-0.25, -0.2) is 0 Å². The van der Waals surface area contributed by atoms with Gasteiger partial charge in [-0.2, -0.15) is 0 Å². The molecule has 0 saturated carbocycles. The summed E-state index contributed by atoms with van der Waals surface area (Å²) in [6.45, 7) is 6.76. The highest BCUT2D eigenvalue weighted by Gasteiger charge is 2.28. The molecule has 4 nitrogen and oxygen atoms in total. The van der Waals surface area contributed by atoms with Crippen LogP contribution in [0.3, 0.4) is 0 Å². The predicted octanol–water partition coefficient (Wildman–Crippen LogP) is -0.455. The van der Waals surface area contributed by atoms with Gasteiger partial charge in [-0.15, -0.1) is 0 Å². The van der Waals surface area contributed by atoms with E-state index in [1.165, 1.54) is 0 Å². The maximum atomic E-state index is 9.26. The molecule has 0 spiro atoms. The molecule has 15 heavy (non-hydrogen) atoms. The molecule has 1 N–H and O–H groups in total. The zero-order valence-electron chi connectivity index (χ0n) is 10.5. The molecule has 1 aliphatic heterocycles. The number of rotatable bonds is 4. The monoisotopic (exact) mass is 215 g/mol. The largest absolute Gasteiger partial charge is 0.395 e. The Bertz CT molecular complexity index is 187. The zero-order valence-corrected chi connectivity index (χ0v) is 10.5. The fourth-order valence-electron chi connectivity index (χ4n) is 2.11. The summed E-state index contributed by atoms with van der Waals surface area (Å²) in [5.41, 5.74) is 0. The molecule has 1 fully saturated rings. The second-order valence-corrected chi connectivity index (χ2v) is 4.92. The molecule has 0 aromatic rings. The van der Waals surface area contributed by atoms with Gasteiger partial charge >= 0.3 is 0 Å². The van der Waals surface area contributed by atoms with Gasteiger partial charge in [0.1, 0.15) is 0 Å². The summed E-state index contributed by atoms with van der Waals surface area (Å²) in [6.07, 6.45) is 0. The highest BCUT2D eigenvalue weighted by Crippen LogP contribution is 2.12. The first kappa shape index (κ1) is 12.9. The van der Waals surface area contributed by atoms with Crippen molar-refractivity contribution in [2.45, 2.75) is 19.0 Å². The number of hydrogen-bond acceptors (Lipinski definition) is 4. The summed E-state index contributed by atoms with van der Waals surface area (Å²) in [5, 5.41) is 9.26. The molecular formula is C11H25N3O. The molecule has 0 aromatic carbocycles. The summed E-state index contributed by atoms with van der Waals surface area (Å²) >= 11 is 0. The lowest BCUT2D eigenvalue weighted by molar-refractivity contribution is 0.0224. The fourth-order valence-corrected chi connectivity index (χ4v) is 2.11. The van der Waals surface area contributed by atoms with Crippen molar-refractivity contribution in [3.8, 4) is 0 Å². The van der Waals surface area contributed by atoms with E-state index in [2.05, 4.69) is 42.8 Å². The summed E-state index contributed by atoms with van der Waals surface area (Å²) in [5.74, 6) is 0. The van der Waals surface area contributed by atoms with Gasteiger partial charge in [0.25, 0.3) is 0 Å². The maximum absolute atomic E-state index is 9.26. The molecule has 2 unspecified atom stereocenters. The third-order valence-corrected chi connectivity index (χ3v) is 3.29. The van der Waals surface area contributed by atoms with Crippen molar-refractivity contribution in [2.24, 2.45) is 0 Å². The van der Waals surface area contributed by atoms with Gasteiger partial charge in [-0.3, -0.25) is 9.80 Å². The fraction of sp³-hybridized carbons (Fsp3) is 1.00. The van der Waals surface area contributed by atoms with E-state index < -0.39 is 0 Å². The quantitative estimate of drug-likeness (QED) is 0.688. The molecule has 0 aliphatic carbocycles. The molecule has 0 aromatic heterocycles. The van der Waals surface area contributed by atoms with Crippen LogP contribution in [-0.4, -0.2) is 85.8 Å². The summed E-state index contributed by atoms with van der Waals surface area (Å²) in [4.78, 5) is 6.94. The Balaban J connectivity index is 2.42. The van der Waals surface area contributed by atoms with Gasteiger partial charge in [-0.05, 0) is 28.1 Å². The third-order valence-electron chi connectivity index (χ3n) is 3.29. The van der Waals surface area contributed by atoms with Crippen LogP contribution >= 0.6 is 0 Å². The zero-order chi connectivity index (χ0) is 11.4. The molecule has 90 valence electrons. The maximum Gasteiger partial charge on any atom is 0.0599 e. The van der Waals surface area contributed by atoms with Gasteiger partial charge in [0.15, 0.2) is 0 Å². The molecule has 1 saturated heterocycles. The van der Waals surface area contributed by atoms with Crippen molar-refractivity contribution in [1.82, 2.24) is 14.7 Å². The molecule has 1 aliphatic rings. The highest BCUT2D eigenvalue weighted by molar-refractivity contribution is 4.84. The Morgan fingerprint density at radius 1 is 1.33 bits per heavy atom. The number of aliphatic hydroxyl groups is 1. The Morgan fingerprint density at radius 3 is 2.53 bits per heavy atom. The summed E-state index contributed by atoms with van der Waals surface area (Å²) in [7, 11) is 6.30. The minimum Gasteiger partial charge on any atom is -0.395 e. The van der Waals surface area contributed by atoms with Crippen LogP contribution in [0, 0.1) is 0 Å². The summed E-state index contributed by atoms with van der Waals surface area (Å²) < 4.78 is 0. The molecule has 1 heterocycles. The molecular weight excluding hydrogens is 190 g/mol. The smallest absolute Gasteiger partial charge is 0.0599 e. The number of nitrogens with zero attached hydrogens (tertiary/aromatic N) is 3. The van der Waals surface area contributed by atoms with Crippen molar-refractivity contribution in [3.63, 3.8) is 0 Å². The number of hydrogen-bond donors (Lipinski definition) is 1. The Labute approximate surface area is 93.5 Å². The highest BCUT2D eigenvalue weighted by atomic mass is 16.3. The van der Waals surface area contributed by atoms with Crippen LogP contribution in [0.15, 0.2) is 0 Å². The van der Waals surface area contributed by atoms with Gasteiger partial charge in [-0.1, -0.05) is 0 Å². The minimum absolute atomic E-state index is 0.266. The Hall–Kier alpha value is -0.160. The van der Waals surface area contributed by atoms with E-state index in [4.69, 9.17) is 0 Å². The van der Waals surface area contributed by atoms with Crippen LogP contribution < -0.4 is 0 Å². The number of likely N-dealkylation sites (N-methyl/N-ethyl adjacent to an activating group) is 2. The van der Waals surface area contributed by atoms with E-state index in [-0.39, 0.29) is 6.61 Å². The first-order chi connectivity index (χ1) is 7.04. The van der Waals surface area contributed by atoms with Crippen molar-refractivity contribution in [3.05, 3.63) is 0 Å². The van der Waals surface area contributed by atoms with E-state index in [1.807, 2.05) is 0 Å². The van der Waals surface area contributed by atoms with Crippen LogP contribution in [0.25, 0.3) is 0 Å². The van der Waals surface area contributed by atoms with Crippen LogP contribution in [0.2, 0.25) is 0 Å². The predicted molar refractivity (Wildman–Crippen MR) is 63.1 cm³/mol. The van der Waals surface area contributed by atoms with E-state index >= 15 is 0 Å². The standard InChI is InChI=1S/C11H25N3O/c1-10-7-13(4)11(9-15)8-14(10)6-5-12(2)3/h10-11,15H,5-9H2,1-4H3. The first-order valence-electron chi connectivity index (χ1n) is 5.74. The normalized spacial score (nSPS) is 30.0. The van der Waals surface area contributed by atoms with Crippen molar-refractivity contribution in [2.75, 3.05) is 53.9 Å². The molecule has 0 radical (unpaired) electrons. The number of aliphatic hydroxyl groups excluding tert-OH is 1. The SMILES string of the molecule is CC1CN(C)C(CO)CN1CCN(C)C. The molecule has 1 rings (SSSR count). The Morgan fingerprint density at radius 2 is 2.00 bits per heavy atom. The average Bonchev–Trinajstić information content (AvgIpc) is 2.16. The van der Waals surface area contributed by atoms with Crippen molar-refractivity contribution < 1.29 is 5.11 Å². The Kier molecular flexibility index (Phi) is 4.99. The number of piperazine rings is 1. The van der Waals surface area contributed by atoms with Crippen LogP contribution in [0.1, 0.15) is 6.92 Å². The van der Waals surface area contributed by atoms with E-state index in [1.54, 1.807) is 0 Å². The van der Waals surface area contributed by atoms with Crippen LogP contribution in [0.4, 0.5) is 0 Å². The lowest BCUT2D eigenvalue weighted by Crippen LogP contribution is -2.58. The van der Waals surface area contributed by atoms with E-state index in [0.717, 1.165) is 26.2 Å². The van der Waals surface area contributed by atoms with Gasteiger partial charge < -0.3 is 10.0 Å². The van der Waals surface area contributed by atoms with Crippen LogP contribution in [-0.2, 0) is 0 Å². The summed E-state index contributed by atoms with van der Waals surface area (Å²) in [6, 6.07) is 0.904. The van der Waals surface area contributed by atoms with E-state index in [9.17, 15) is 5.11 Å². The second kappa shape index (κ2) is 5.80. The van der Waals surface area contributed by atoms with Crippen molar-refractivity contribution in [1.29, 1.82) is 0 Å². The lowest BCUT2D eigenvalue weighted by atomic mass is 10.1. The molecule has 0 amide bonds. The molecule has 2 atom stereocenters. The van der Waals surface area contributed by atoms with Gasteiger partial charge in [0.05, 0.1) is 6.61 Å². The van der Waals surface area contributed by atoms with E-state index in [0.29, 0.717) is 12.1 Å².